The van der Waals surface area contributed by atoms with E-state index in [4.69, 9.17) is 9.05 Å². The van der Waals surface area contributed by atoms with Gasteiger partial charge in [0.05, 0.1) is 5.66 Å². The van der Waals surface area contributed by atoms with Crippen LogP contribution in [0.2, 0.25) is 0 Å². The first-order valence-corrected chi connectivity index (χ1v) is 4.71. The minimum Gasteiger partial charge on any atom is -0.312 e. The van der Waals surface area contributed by atoms with Crippen molar-refractivity contribution in [2.45, 2.75) is 0 Å². The fourth-order valence-corrected chi connectivity index (χ4v) is 1.94. The molecule has 0 bridgehead atoms. The van der Waals surface area contributed by atoms with Gasteiger partial charge in [-0.05, 0) is 25.7 Å². The largest absolute Gasteiger partial charge is 0.338 e. The van der Waals surface area contributed by atoms with Gasteiger partial charge in [0.25, 0.3) is 0 Å². The van der Waals surface area contributed by atoms with E-state index in [1.54, 1.807) is 25.7 Å². The molecule has 0 saturated heterocycles. The fraction of sp³-hybridized carbons (Fsp3) is 0.286. The minimum atomic E-state index is -2.99. The maximum Gasteiger partial charge on any atom is 0.338 e. The average molecular weight is 173 g/mol. The molecule has 0 aromatic heterocycles. The smallest absolute Gasteiger partial charge is 0.312 e. The Bertz CT molecular complexity index is 155. The molecule has 1 aliphatic rings. The van der Waals surface area contributed by atoms with Gasteiger partial charge in [-0.3, -0.25) is 4.57 Å². The highest BCUT2D eigenvalue weighted by molar-refractivity contribution is 7.57. The predicted octanol–water partition coefficient (Wildman–Crippen LogP) is 1.84. The van der Waals surface area contributed by atoms with Crippen LogP contribution in [-0.4, -0.2) is 14.2 Å². The van der Waals surface area contributed by atoms with Crippen molar-refractivity contribution < 1.29 is 13.6 Å². The second kappa shape index (κ2) is 3.70. The molecule has 0 heterocycles. The van der Waals surface area contributed by atoms with Gasteiger partial charge in [0, 0.05) is 14.2 Å². The molecule has 0 spiro atoms. The quantitative estimate of drug-likeness (QED) is 0.611. The summed E-state index contributed by atoms with van der Waals surface area (Å²) in [5.41, 5.74) is 0.600. The van der Waals surface area contributed by atoms with Crippen molar-refractivity contribution in [2.24, 2.45) is 0 Å². The molecule has 1 fully saturated rings. The summed E-state index contributed by atoms with van der Waals surface area (Å²) in [6, 6.07) is 0. The van der Waals surface area contributed by atoms with Crippen LogP contribution in [0.25, 0.3) is 0 Å². The molecule has 0 aromatic rings. The summed E-state index contributed by atoms with van der Waals surface area (Å²) < 4.78 is 21.1. The van der Waals surface area contributed by atoms with Gasteiger partial charge in [-0.2, -0.15) is 0 Å². The van der Waals surface area contributed by atoms with Crippen LogP contribution in [0.3, 0.4) is 0 Å². The third kappa shape index (κ3) is 1.84. The molecule has 0 N–H and O–H groups in total. The second-order valence-electron chi connectivity index (χ2n) is 2.01. The molecule has 11 heavy (non-hydrogen) atoms. The summed E-state index contributed by atoms with van der Waals surface area (Å²) in [5.74, 6) is 0. The van der Waals surface area contributed by atoms with E-state index in [0.29, 0.717) is 5.66 Å². The molecule has 4 heteroatoms. The molecule has 61 valence electrons. The zero-order valence-corrected chi connectivity index (χ0v) is 7.38. The Balaban J connectivity index is 2.60. The third-order valence-corrected chi connectivity index (χ3v) is 3.33. The summed E-state index contributed by atoms with van der Waals surface area (Å²) >= 11 is 0. The average Bonchev–Trinajstić information content (AvgIpc) is 2.55. The Morgan fingerprint density at radius 2 is 1.64 bits per heavy atom. The monoisotopic (exact) mass is 173 g/mol. The van der Waals surface area contributed by atoms with Crippen LogP contribution in [-0.2, 0) is 13.6 Å². The van der Waals surface area contributed by atoms with E-state index in [2.05, 4.69) is 0 Å². The topological polar surface area (TPSA) is 35.5 Å². The molecular formula is C7H10O3P. The molecule has 0 aromatic carbocycles. The van der Waals surface area contributed by atoms with Gasteiger partial charge < -0.3 is 9.05 Å². The summed E-state index contributed by atoms with van der Waals surface area (Å²) in [4.78, 5) is 0. The number of hydrogen-bond acceptors (Lipinski definition) is 3. The van der Waals surface area contributed by atoms with E-state index < -0.39 is 7.60 Å². The third-order valence-electron chi connectivity index (χ3n) is 1.44. The maximum absolute atomic E-state index is 11.6. The molecule has 3 nitrogen and oxygen atoms in total. The Hall–Kier alpha value is 0.150. The zero-order chi connectivity index (χ0) is 8.32. The zero-order valence-electron chi connectivity index (χ0n) is 6.48. The molecule has 0 aliphatic heterocycles. The van der Waals surface area contributed by atoms with Crippen LogP contribution < -0.4 is 0 Å². The first-order valence-electron chi connectivity index (χ1n) is 3.17. The summed E-state index contributed by atoms with van der Waals surface area (Å²) in [6.07, 6.45) is 7.02. The van der Waals surface area contributed by atoms with E-state index in [0.717, 1.165) is 0 Å². The van der Waals surface area contributed by atoms with E-state index >= 15 is 0 Å². The molecule has 5 radical (unpaired) electrons. The summed E-state index contributed by atoms with van der Waals surface area (Å²) in [5, 5.41) is 0. The van der Waals surface area contributed by atoms with Gasteiger partial charge in [-0.1, -0.05) is 0 Å². The lowest BCUT2D eigenvalue weighted by Crippen LogP contribution is -1.98. The van der Waals surface area contributed by atoms with Crippen molar-refractivity contribution in [3.8, 4) is 0 Å². The molecular weight excluding hydrogens is 163 g/mol. The van der Waals surface area contributed by atoms with Crippen molar-refractivity contribution in [1.29, 1.82) is 0 Å². The van der Waals surface area contributed by atoms with E-state index in [9.17, 15) is 4.57 Å². The highest BCUT2D eigenvalue weighted by Crippen LogP contribution is 2.61. The normalized spacial score (nSPS) is 20.9. The Morgan fingerprint density at radius 3 is 2.00 bits per heavy atom. The van der Waals surface area contributed by atoms with Crippen molar-refractivity contribution >= 4 is 7.60 Å². The molecule has 1 aliphatic carbocycles. The van der Waals surface area contributed by atoms with Gasteiger partial charge in [0.2, 0.25) is 0 Å². The Morgan fingerprint density at radius 1 is 1.18 bits per heavy atom. The van der Waals surface area contributed by atoms with Gasteiger partial charge in [0.15, 0.2) is 0 Å². The predicted molar refractivity (Wildman–Crippen MR) is 42.1 cm³/mol. The van der Waals surface area contributed by atoms with Crippen LogP contribution in [0.1, 0.15) is 0 Å². The summed E-state index contributed by atoms with van der Waals surface area (Å²) in [6.45, 7) is 0. The highest BCUT2D eigenvalue weighted by atomic mass is 31.2. The van der Waals surface area contributed by atoms with Crippen molar-refractivity contribution in [3.05, 3.63) is 31.3 Å². The van der Waals surface area contributed by atoms with Gasteiger partial charge in [0.1, 0.15) is 0 Å². The number of hydrogen-bond donors (Lipinski definition) is 0. The molecule has 0 amide bonds. The van der Waals surface area contributed by atoms with Crippen LogP contribution in [0, 0.1) is 31.3 Å². The van der Waals surface area contributed by atoms with Crippen LogP contribution in [0.4, 0.5) is 0 Å². The minimum absolute atomic E-state index is 0.600. The Kier molecular flexibility index (Phi) is 3.11. The van der Waals surface area contributed by atoms with Crippen molar-refractivity contribution in [1.82, 2.24) is 0 Å². The van der Waals surface area contributed by atoms with E-state index in [-0.39, 0.29) is 0 Å². The lowest BCUT2D eigenvalue weighted by Gasteiger charge is -2.18. The fourth-order valence-electron chi connectivity index (χ4n) is 0.832. The van der Waals surface area contributed by atoms with Crippen LogP contribution >= 0.6 is 7.60 Å². The number of rotatable bonds is 3. The SMILES string of the molecule is COP(=O)(OC)[C]1[CH][CH][CH][CH]1. The van der Waals surface area contributed by atoms with Crippen LogP contribution in [0.5, 0.6) is 0 Å². The summed E-state index contributed by atoms with van der Waals surface area (Å²) in [7, 11) is -0.241. The highest BCUT2D eigenvalue weighted by Gasteiger charge is 2.37. The lowest BCUT2D eigenvalue weighted by atomic mass is 10.4. The van der Waals surface area contributed by atoms with Crippen LogP contribution in [0.15, 0.2) is 0 Å². The van der Waals surface area contributed by atoms with Gasteiger partial charge in [-0.25, -0.2) is 0 Å². The first kappa shape index (κ1) is 9.24. The first-order chi connectivity index (χ1) is 5.23. The van der Waals surface area contributed by atoms with E-state index in [1.165, 1.54) is 14.2 Å². The van der Waals surface area contributed by atoms with Gasteiger partial charge in [-0.15, -0.1) is 0 Å². The maximum atomic E-state index is 11.6. The molecule has 0 unspecified atom stereocenters. The van der Waals surface area contributed by atoms with Crippen molar-refractivity contribution in [3.63, 3.8) is 0 Å². The van der Waals surface area contributed by atoms with E-state index in [1.807, 2.05) is 0 Å². The second-order valence-corrected chi connectivity index (χ2v) is 4.25. The molecule has 1 rings (SSSR count). The van der Waals surface area contributed by atoms with Gasteiger partial charge >= 0.3 is 7.60 Å². The Labute approximate surface area is 67.6 Å². The van der Waals surface area contributed by atoms with Crippen molar-refractivity contribution in [2.75, 3.05) is 14.2 Å². The lowest BCUT2D eigenvalue weighted by molar-refractivity contribution is 0.279. The standard InChI is InChI=1S/C7H10O3P/c1-9-11(8,10-2)7-5-3-4-6-7/h3-6H,1-2H3. The molecule has 0 atom stereocenters. The molecule has 1 saturated carbocycles.